The third-order valence-corrected chi connectivity index (χ3v) is 2.14. The Morgan fingerprint density at radius 3 is 2.43 bits per heavy atom. The molecule has 1 fully saturated rings. The van der Waals surface area contributed by atoms with Crippen molar-refractivity contribution in [2.45, 2.75) is 19.3 Å². The van der Waals surface area contributed by atoms with Gasteiger partial charge in [-0.3, -0.25) is 0 Å². The molecule has 40 valence electrons. The summed E-state index contributed by atoms with van der Waals surface area (Å²) in [5.41, 5.74) is 0. The van der Waals surface area contributed by atoms with E-state index in [2.05, 4.69) is 0 Å². The van der Waals surface area contributed by atoms with Crippen molar-refractivity contribution in [3.63, 3.8) is 0 Å². The molecule has 0 N–H and O–H groups in total. The van der Waals surface area contributed by atoms with Crippen LogP contribution in [0.2, 0.25) is 0 Å². The van der Waals surface area contributed by atoms with Crippen LogP contribution in [-0.2, 0) is 15.9 Å². The molecule has 1 saturated carbocycles. The Bertz CT molecular complexity index is 68.5. The molecule has 2 heteroatoms. The average molecular weight is 117 g/mol. The van der Waals surface area contributed by atoms with Gasteiger partial charge < -0.3 is 0 Å². The van der Waals surface area contributed by atoms with Gasteiger partial charge in [0.1, 0.15) is 0 Å². The topological polar surface area (TPSA) is 17.1 Å². The standard InChI is InChI=1S/C5H9OS/c6-7-4-5-2-1-3-5/h5H,1-4H2/q+1. The van der Waals surface area contributed by atoms with Crippen LogP contribution in [0.15, 0.2) is 0 Å². The monoisotopic (exact) mass is 117 g/mol. The van der Waals surface area contributed by atoms with Crippen LogP contribution in [0, 0.1) is 5.92 Å². The van der Waals surface area contributed by atoms with Gasteiger partial charge in [-0.2, -0.15) is 0 Å². The van der Waals surface area contributed by atoms with Gasteiger partial charge in [0.2, 0.25) is 5.75 Å². The molecule has 0 saturated heterocycles. The lowest BCUT2D eigenvalue weighted by atomic mass is 9.87. The fraction of sp³-hybridized carbons (Fsp3) is 1.00. The van der Waals surface area contributed by atoms with Crippen molar-refractivity contribution in [2.24, 2.45) is 5.92 Å². The lowest BCUT2D eigenvalue weighted by Gasteiger charge is -2.17. The van der Waals surface area contributed by atoms with Gasteiger partial charge in [-0.1, -0.05) is 6.42 Å². The SMILES string of the molecule is O=[S+]CC1CCC1. The molecule has 1 nitrogen and oxygen atoms in total. The lowest BCUT2D eigenvalue weighted by Crippen LogP contribution is -2.14. The Balaban J connectivity index is 2.03. The van der Waals surface area contributed by atoms with Gasteiger partial charge in [-0.05, 0) is 12.8 Å². The van der Waals surface area contributed by atoms with E-state index in [0.717, 1.165) is 23.3 Å². The normalized spacial score (nSPS) is 21.1. The zero-order valence-electron chi connectivity index (χ0n) is 4.22. The van der Waals surface area contributed by atoms with Crippen molar-refractivity contribution < 1.29 is 4.21 Å². The summed E-state index contributed by atoms with van der Waals surface area (Å²) in [4.78, 5) is 0. The molecule has 0 aromatic carbocycles. The summed E-state index contributed by atoms with van der Waals surface area (Å²) in [6.07, 6.45) is 3.95. The van der Waals surface area contributed by atoms with Crippen LogP contribution in [0.4, 0.5) is 0 Å². The molecular weight excluding hydrogens is 108 g/mol. The summed E-state index contributed by atoms with van der Waals surface area (Å²) in [6.45, 7) is 0. The fourth-order valence-electron chi connectivity index (χ4n) is 0.756. The molecule has 7 heavy (non-hydrogen) atoms. The summed E-state index contributed by atoms with van der Waals surface area (Å²) in [5.74, 6) is 1.63. The van der Waals surface area contributed by atoms with Gasteiger partial charge in [0.05, 0.1) is 0 Å². The number of hydrogen-bond acceptors (Lipinski definition) is 1. The zero-order valence-corrected chi connectivity index (χ0v) is 5.04. The van der Waals surface area contributed by atoms with Gasteiger partial charge >= 0.3 is 11.7 Å². The van der Waals surface area contributed by atoms with Crippen molar-refractivity contribution in [3.05, 3.63) is 0 Å². The number of rotatable bonds is 2. The molecule has 1 rings (SSSR count). The Morgan fingerprint density at radius 1 is 1.57 bits per heavy atom. The molecular formula is C5H9OS+. The quantitative estimate of drug-likeness (QED) is 0.497. The van der Waals surface area contributed by atoms with Crippen molar-refractivity contribution in [1.29, 1.82) is 0 Å². The van der Waals surface area contributed by atoms with Gasteiger partial charge in [-0.25, -0.2) is 0 Å². The minimum atomic E-state index is 0.736. The van der Waals surface area contributed by atoms with Crippen molar-refractivity contribution in [1.82, 2.24) is 0 Å². The summed E-state index contributed by atoms with van der Waals surface area (Å²) >= 11 is 0.736. The van der Waals surface area contributed by atoms with E-state index in [0.29, 0.717) is 0 Å². The van der Waals surface area contributed by atoms with Gasteiger partial charge in [0, 0.05) is 10.1 Å². The summed E-state index contributed by atoms with van der Waals surface area (Å²) in [5, 5.41) is 0. The maximum absolute atomic E-state index is 9.85. The molecule has 0 spiro atoms. The first kappa shape index (κ1) is 5.16. The molecule has 0 aliphatic heterocycles. The van der Waals surface area contributed by atoms with E-state index in [9.17, 15) is 4.21 Å². The molecule has 1 aliphatic carbocycles. The lowest BCUT2D eigenvalue weighted by molar-refractivity contribution is 0.351. The maximum atomic E-state index is 9.85. The molecule has 0 unspecified atom stereocenters. The first-order chi connectivity index (χ1) is 3.43. The highest BCUT2D eigenvalue weighted by Gasteiger charge is 2.22. The third kappa shape index (κ3) is 1.20. The minimum Gasteiger partial charge on any atom is -0.0524 e. The first-order valence-corrected chi connectivity index (χ1v) is 3.59. The second kappa shape index (κ2) is 2.36. The molecule has 0 heterocycles. The highest BCUT2D eigenvalue weighted by atomic mass is 32.1. The van der Waals surface area contributed by atoms with Crippen LogP contribution < -0.4 is 0 Å². The van der Waals surface area contributed by atoms with Gasteiger partial charge in [0.25, 0.3) is 0 Å². The van der Waals surface area contributed by atoms with Gasteiger partial charge in [-0.15, -0.1) is 0 Å². The molecule has 0 atom stereocenters. The van der Waals surface area contributed by atoms with Crippen molar-refractivity contribution in [2.75, 3.05) is 5.75 Å². The molecule has 0 bridgehead atoms. The smallest absolute Gasteiger partial charge is 0.0524 e. The van der Waals surface area contributed by atoms with Crippen LogP contribution in [0.5, 0.6) is 0 Å². The van der Waals surface area contributed by atoms with Gasteiger partial charge in [0.15, 0.2) is 0 Å². The summed E-state index contributed by atoms with van der Waals surface area (Å²) in [6, 6.07) is 0. The largest absolute Gasteiger partial charge is 0.458 e. The molecule has 1 aliphatic rings. The fourth-order valence-corrected chi connectivity index (χ4v) is 1.28. The Morgan fingerprint density at radius 2 is 2.29 bits per heavy atom. The Kier molecular flexibility index (Phi) is 1.74. The van der Waals surface area contributed by atoms with E-state index in [1.807, 2.05) is 0 Å². The van der Waals surface area contributed by atoms with Crippen molar-refractivity contribution >= 4 is 11.7 Å². The van der Waals surface area contributed by atoms with E-state index in [-0.39, 0.29) is 0 Å². The second-order valence-corrected chi connectivity index (χ2v) is 2.65. The third-order valence-electron chi connectivity index (χ3n) is 1.53. The van der Waals surface area contributed by atoms with E-state index >= 15 is 0 Å². The Labute approximate surface area is 47.6 Å². The molecule has 0 aromatic rings. The second-order valence-electron chi connectivity index (χ2n) is 2.08. The maximum Gasteiger partial charge on any atom is 0.458 e. The highest BCUT2D eigenvalue weighted by molar-refractivity contribution is 7.65. The average Bonchev–Trinajstić information content (AvgIpc) is 1.55. The van der Waals surface area contributed by atoms with Crippen LogP contribution >= 0.6 is 0 Å². The van der Waals surface area contributed by atoms with Crippen molar-refractivity contribution in [3.8, 4) is 0 Å². The van der Waals surface area contributed by atoms with E-state index in [4.69, 9.17) is 0 Å². The summed E-state index contributed by atoms with van der Waals surface area (Å²) in [7, 11) is 0. The first-order valence-electron chi connectivity index (χ1n) is 2.68. The highest BCUT2D eigenvalue weighted by Crippen LogP contribution is 2.25. The molecule has 0 radical (unpaired) electrons. The minimum absolute atomic E-state index is 0.736. The van der Waals surface area contributed by atoms with Crippen LogP contribution in [0.3, 0.4) is 0 Å². The molecule has 0 aromatic heterocycles. The van der Waals surface area contributed by atoms with E-state index in [1.54, 1.807) is 0 Å². The predicted octanol–water partition coefficient (Wildman–Crippen LogP) is 1.21. The zero-order chi connectivity index (χ0) is 5.11. The Hall–Kier alpha value is 0.0200. The van der Waals surface area contributed by atoms with E-state index < -0.39 is 0 Å². The predicted molar refractivity (Wildman–Crippen MR) is 30.3 cm³/mol. The van der Waals surface area contributed by atoms with Crippen LogP contribution in [-0.4, -0.2) is 5.75 Å². The van der Waals surface area contributed by atoms with Crippen LogP contribution in [0.1, 0.15) is 19.3 Å². The van der Waals surface area contributed by atoms with E-state index in [1.165, 1.54) is 19.3 Å². The summed E-state index contributed by atoms with van der Waals surface area (Å²) < 4.78 is 9.85. The number of hydrogen-bond donors (Lipinski definition) is 0. The van der Waals surface area contributed by atoms with Crippen LogP contribution in [0.25, 0.3) is 0 Å². The molecule has 0 amide bonds.